The molecule has 1 aliphatic heterocycles. The Morgan fingerprint density at radius 3 is 2.74 bits per heavy atom. The van der Waals surface area contributed by atoms with Crippen molar-refractivity contribution in [3.05, 3.63) is 46.7 Å². The average Bonchev–Trinajstić information content (AvgIpc) is 3.10. The lowest BCUT2D eigenvalue weighted by atomic mass is 10.2. The number of nitrogens with one attached hydrogen (secondary N) is 1. The van der Waals surface area contributed by atoms with Gasteiger partial charge < -0.3 is 15.1 Å². The highest BCUT2D eigenvalue weighted by Gasteiger charge is 2.21. The number of anilines is 1. The second-order valence-electron chi connectivity index (χ2n) is 5.25. The minimum absolute atomic E-state index is 0.160. The summed E-state index contributed by atoms with van der Waals surface area (Å²) >= 11 is 1.62. The molecule has 122 valence electrons. The van der Waals surface area contributed by atoms with E-state index in [1.54, 1.807) is 30.6 Å². The topological polar surface area (TPSA) is 43.8 Å². The standard InChI is InChI=1S/C16H20FN5S/c1-18-16(20-12-15-19-6-11-23-15)22-9-7-21(8-10-22)14-5-3-2-4-13(14)17/h2-6,11H,7-10,12H2,1H3,(H,18,20). The maximum Gasteiger partial charge on any atom is 0.194 e. The molecule has 7 heteroatoms. The molecular formula is C16H20FN5S. The van der Waals surface area contributed by atoms with Gasteiger partial charge in [-0.3, -0.25) is 4.99 Å². The van der Waals surface area contributed by atoms with E-state index in [9.17, 15) is 4.39 Å². The van der Waals surface area contributed by atoms with E-state index in [1.807, 2.05) is 17.5 Å². The Bertz CT molecular complexity index is 650. The molecule has 2 aromatic rings. The van der Waals surface area contributed by atoms with Crippen molar-refractivity contribution in [3.8, 4) is 0 Å². The third-order valence-electron chi connectivity index (χ3n) is 3.87. The van der Waals surface area contributed by atoms with Crippen LogP contribution in [0.3, 0.4) is 0 Å². The number of benzene rings is 1. The molecule has 1 aromatic heterocycles. The minimum atomic E-state index is -0.160. The summed E-state index contributed by atoms with van der Waals surface area (Å²) in [6.45, 7) is 3.85. The Balaban J connectivity index is 1.56. The first-order valence-corrected chi connectivity index (χ1v) is 8.49. The molecule has 0 atom stereocenters. The van der Waals surface area contributed by atoms with Gasteiger partial charge in [0.05, 0.1) is 12.2 Å². The summed E-state index contributed by atoms with van der Waals surface area (Å²) in [4.78, 5) is 12.9. The Labute approximate surface area is 139 Å². The monoisotopic (exact) mass is 333 g/mol. The van der Waals surface area contributed by atoms with Gasteiger partial charge in [-0.15, -0.1) is 11.3 Å². The van der Waals surface area contributed by atoms with Crippen LogP contribution in [0.25, 0.3) is 0 Å². The Hall–Kier alpha value is -2.15. The Kier molecular flexibility index (Phi) is 5.07. The lowest BCUT2D eigenvalue weighted by Gasteiger charge is -2.37. The Morgan fingerprint density at radius 1 is 1.30 bits per heavy atom. The van der Waals surface area contributed by atoms with Crippen molar-refractivity contribution >= 4 is 23.0 Å². The van der Waals surface area contributed by atoms with Gasteiger partial charge in [0.15, 0.2) is 5.96 Å². The number of hydrogen-bond donors (Lipinski definition) is 1. The number of aliphatic imine (C=N–C) groups is 1. The van der Waals surface area contributed by atoms with Crippen molar-refractivity contribution in [2.24, 2.45) is 4.99 Å². The number of aromatic nitrogens is 1. The fourth-order valence-corrected chi connectivity index (χ4v) is 3.25. The number of hydrogen-bond acceptors (Lipinski definition) is 4. The number of rotatable bonds is 3. The van der Waals surface area contributed by atoms with Gasteiger partial charge in [-0.05, 0) is 12.1 Å². The molecule has 0 radical (unpaired) electrons. The molecule has 1 aliphatic rings. The molecule has 1 aromatic carbocycles. The number of piperazine rings is 1. The molecule has 0 spiro atoms. The first-order valence-electron chi connectivity index (χ1n) is 7.61. The summed E-state index contributed by atoms with van der Waals surface area (Å²) in [5, 5.41) is 6.34. The quantitative estimate of drug-likeness (QED) is 0.691. The molecule has 1 N–H and O–H groups in total. The minimum Gasteiger partial charge on any atom is -0.366 e. The molecule has 23 heavy (non-hydrogen) atoms. The van der Waals surface area contributed by atoms with Crippen molar-refractivity contribution in [3.63, 3.8) is 0 Å². The number of para-hydroxylation sites is 1. The molecule has 0 aliphatic carbocycles. The maximum atomic E-state index is 13.9. The SMILES string of the molecule is CN=C(NCc1nccs1)N1CCN(c2ccccc2F)CC1. The fourth-order valence-electron chi connectivity index (χ4n) is 2.69. The zero-order chi connectivity index (χ0) is 16.1. The molecule has 0 amide bonds. The Morgan fingerprint density at radius 2 is 2.09 bits per heavy atom. The molecule has 1 fully saturated rings. The van der Waals surface area contributed by atoms with Crippen molar-refractivity contribution in [1.82, 2.24) is 15.2 Å². The predicted molar refractivity (Wildman–Crippen MR) is 92.5 cm³/mol. The van der Waals surface area contributed by atoms with Crippen LogP contribution in [-0.2, 0) is 6.54 Å². The van der Waals surface area contributed by atoms with Crippen LogP contribution in [0.5, 0.6) is 0 Å². The summed E-state index contributed by atoms with van der Waals surface area (Å²) in [6.07, 6.45) is 1.80. The predicted octanol–water partition coefficient (Wildman–Crippen LogP) is 2.18. The second kappa shape index (κ2) is 7.41. The largest absolute Gasteiger partial charge is 0.366 e. The number of guanidine groups is 1. The van der Waals surface area contributed by atoms with E-state index in [-0.39, 0.29) is 5.82 Å². The second-order valence-corrected chi connectivity index (χ2v) is 6.23. The summed E-state index contributed by atoms with van der Waals surface area (Å²) in [7, 11) is 1.79. The van der Waals surface area contributed by atoms with Crippen LogP contribution in [0.15, 0.2) is 40.8 Å². The molecule has 3 rings (SSSR count). The molecule has 2 heterocycles. The smallest absolute Gasteiger partial charge is 0.194 e. The van der Waals surface area contributed by atoms with Gasteiger partial charge in [-0.1, -0.05) is 12.1 Å². The van der Waals surface area contributed by atoms with Gasteiger partial charge in [0.25, 0.3) is 0 Å². The zero-order valence-corrected chi connectivity index (χ0v) is 13.9. The van der Waals surface area contributed by atoms with E-state index in [0.717, 1.165) is 37.1 Å². The molecule has 0 saturated carbocycles. The normalized spacial score (nSPS) is 15.8. The zero-order valence-electron chi connectivity index (χ0n) is 13.1. The summed E-state index contributed by atoms with van der Waals surface area (Å²) in [6, 6.07) is 6.94. The van der Waals surface area contributed by atoms with E-state index in [2.05, 4.69) is 25.1 Å². The van der Waals surface area contributed by atoms with Crippen LogP contribution < -0.4 is 10.2 Å². The van der Waals surface area contributed by atoms with Crippen molar-refractivity contribution in [2.75, 3.05) is 38.1 Å². The highest BCUT2D eigenvalue weighted by Crippen LogP contribution is 2.20. The average molecular weight is 333 g/mol. The highest BCUT2D eigenvalue weighted by atomic mass is 32.1. The lowest BCUT2D eigenvalue weighted by Crippen LogP contribution is -2.52. The van der Waals surface area contributed by atoms with Gasteiger partial charge in [0, 0.05) is 44.8 Å². The molecule has 0 unspecified atom stereocenters. The van der Waals surface area contributed by atoms with Crippen LogP contribution in [0.4, 0.5) is 10.1 Å². The van der Waals surface area contributed by atoms with Crippen LogP contribution in [-0.4, -0.2) is 49.1 Å². The van der Waals surface area contributed by atoms with Crippen molar-refractivity contribution in [2.45, 2.75) is 6.54 Å². The van der Waals surface area contributed by atoms with E-state index in [1.165, 1.54) is 6.07 Å². The van der Waals surface area contributed by atoms with Gasteiger partial charge in [0.2, 0.25) is 0 Å². The number of thiazole rings is 1. The van der Waals surface area contributed by atoms with Crippen LogP contribution in [0, 0.1) is 5.82 Å². The van der Waals surface area contributed by atoms with Crippen LogP contribution in [0.1, 0.15) is 5.01 Å². The molecular weight excluding hydrogens is 313 g/mol. The van der Waals surface area contributed by atoms with Gasteiger partial charge in [-0.25, -0.2) is 9.37 Å². The van der Waals surface area contributed by atoms with Gasteiger partial charge >= 0.3 is 0 Å². The van der Waals surface area contributed by atoms with E-state index in [0.29, 0.717) is 12.2 Å². The lowest BCUT2D eigenvalue weighted by molar-refractivity contribution is 0.370. The third kappa shape index (κ3) is 3.79. The number of nitrogens with zero attached hydrogens (tertiary/aromatic N) is 4. The van der Waals surface area contributed by atoms with Crippen LogP contribution >= 0.6 is 11.3 Å². The molecule has 1 saturated heterocycles. The molecule has 0 bridgehead atoms. The maximum absolute atomic E-state index is 13.9. The van der Waals surface area contributed by atoms with E-state index < -0.39 is 0 Å². The van der Waals surface area contributed by atoms with Gasteiger partial charge in [-0.2, -0.15) is 0 Å². The van der Waals surface area contributed by atoms with E-state index in [4.69, 9.17) is 0 Å². The summed E-state index contributed by atoms with van der Waals surface area (Å²) in [5.74, 6) is 0.709. The van der Waals surface area contributed by atoms with Crippen LogP contribution in [0.2, 0.25) is 0 Å². The third-order valence-corrected chi connectivity index (χ3v) is 4.64. The van der Waals surface area contributed by atoms with E-state index >= 15 is 0 Å². The molecule has 5 nitrogen and oxygen atoms in total. The summed E-state index contributed by atoms with van der Waals surface area (Å²) in [5.41, 5.74) is 0.679. The number of halogens is 1. The summed E-state index contributed by atoms with van der Waals surface area (Å²) < 4.78 is 13.9. The highest BCUT2D eigenvalue weighted by molar-refractivity contribution is 7.09. The first-order chi connectivity index (χ1) is 11.3. The first kappa shape index (κ1) is 15.7. The van der Waals surface area contributed by atoms with Crippen molar-refractivity contribution < 1.29 is 4.39 Å². The van der Waals surface area contributed by atoms with Crippen molar-refractivity contribution in [1.29, 1.82) is 0 Å². The fraction of sp³-hybridized carbons (Fsp3) is 0.375. The van der Waals surface area contributed by atoms with Gasteiger partial charge in [0.1, 0.15) is 10.8 Å².